The molecular formula is C18H29N3O2. The number of nitrogens with zero attached hydrogens (tertiary/aromatic N) is 1. The van der Waals surface area contributed by atoms with Crippen LogP contribution in [-0.4, -0.2) is 54.9 Å². The maximum atomic E-state index is 11.8. The maximum Gasteiger partial charge on any atom is 0.317 e. The standard InChI is InChI=1S/C18H29N3O2/c1-2-19-18(23)21-10-8-17(9-11-21)20-13-16(14-22)12-15-6-4-3-5-7-15/h3-7,16-17,20,22H,2,8-14H2,1H3,(H,19,23)/t16-/m1/s1. The second kappa shape index (κ2) is 9.53. The molecule has 1 heterocycles. The molecule has 1 fully saturated rings. The zero-order valence-corrected chi connectivity index (χ0v) is 14.0. The van der Waals surface area contributed by atoms with E-state index in [2.05, 4.69) is 22.8 Å². The van der Waals surface area contributed by atoms with Crippen LogP contribution in [0.2, 0.25) is 0 Å². The normalized spacial score (nSPS) is 17.0. The topological polar surface area (TPSA) is 64.6 Å². The fourth-order valence-electron chi connectivity index (χ4n) is 3.03. The molecule has 1 atom stereocenters. The van der Waals surface area contributed by atoms with Gasteiger partial charge in [-0.15, -0.1) is 0 Å². The molecule has 5 nitrogen and oxygen atoms in total. The third kappa shape index (κ3) is 5.84. The molecule has 3 N–H and O–H groups in total. The third-order valence-electron chi connectivity index (χ3n) is 4.43. The number of urea groups is 1. The van der Waals surface area contributed by atoms with E-state index in [-0.39, 0.29) is 18.6 Å². The van der Waals surface area contributed by atoms with Crippen LogP contribution in [-0.2, 0) is 6.42 Å². The van der Waals surface area contributed by atoms with Gasteiger partial charge in [-0.3, -0.25) is 0 Å². The number of benzene rings is 1. The van der Waals surface area contributed by atoms with Crippen molar-refractivity contribution in [1.82, 2.24) is 15.5 Å². The summed E-state index contributed by atoms with van der Waals surface area (Å²) in [5, 5.41) is 16.0. The van der Waals surface area contributed by atoms with E-state index >= 15 is 0 Å². The number of carbonyl (C=O) groups is 1. The van der Waals surface area contributed by atoms with E-state index in [1.165, 1.54) is 5.56 Å². The zero-order chi connectivity index (χ0) is 16.5. The van der Waals surface area contributed by atoms with Crippen LogP contribution in [0.3, 0.4) is 0 Å². The van der Waals surface area contributed by atoms with E-state index in [0.29, 0.717) is 12.6 Å². The second-order valence-corrected chi connectivity index (χ2v) is 6.24. The van der Waals surface area contributed by atoms with E-state index in [0.717, 1.165) is 38.9 Å². The van der Waals surface area contributed by atoms with Crippen LogP contribution in [0.4, 0.5) is 4.79 Å². The van der Waals surface area contributed by atoms with Crippen LogP contribution in [0, 0.1) is 5.92 Å². The van der Waals surface area contributed by atoms with Gasteiger partial charge in [0.05, 0.1) is 0 Å². The van der Waals surface area contributed by atoms with Gasteiger partial charge in [0.1, 0.15) is 0 Å². The Hall–Kier alpha value is -1.59. The van der Waals surface area contributed by atoms with Crippen molar-refractivity contribution in [2.45, 2.75) is 32.2 Å². The highest BCUT2D eigenvalue weighted by molar-refractivity contribution is 5.74. The second-order valence-electron chi connectivity index (χ2n) is 6.24. The lowest BCUT2D eigenvalue weighted by Gasteiger charge is -2.33. The Morgan fingerprint density at radius 1 is 1.30 bits per heavy atom. The largest absolute Gasteiger partial charge is 0.396 e. The average molecular weight is 319 g/mol. The predicted molar refractivity (Wildman–Crippen MR) is 92.4 cm³/mol. The van der Waals surface area contributed by atoms with Crippen molar-refractivity contribution in [3.63, 3.8) is 0 Å². The van der Waals surface area contributed by atoms with Crippen LogP contribution < -0.4 is 10.6 Å². The fourth-order valence-corrected chi connectivity index (χ4v) is 3.03. The summed E-state index contributed by atoms with van der Waals surface area (Å²) in [5.41, 5.74) is 1.26. The molecule has 128 valence electrons. The number of hydrogen-bond donors (Lipinski definition) is 3. The fraction of sp³-hybridized carbons (Fsp3) is 0.611. The quantitative estimate of drug-likeness (QED) is 0.715. The maximum absolute atomic E-state index is 11.8. The Kier molecular flexibility index (Phi) is 7.36. The molecule has 0 radical (unpaired) electrons. The van der Waals surface area contributed by atoms with Gasteiger partial charge < -0.3 is 20.6 Å². The highest BCUT2D eigenvalue weighted by Crippen LogP contribution is 2.12. The van der Waals surface area contributed by atoms with Crippen molar-refractivity contribution in [2.24, 2.45) is 5.92 Å². The van der Waals surface area contributed by atoms with Gasteiger partial charge in [0.15, 0.2) is 0 Å². The Balaban J connectivity index is 1.70. The van der Waals surface area contributed by atoms with Crippen molar-refractivity contribution >= 4 is 6.03 Å². The first-order chi connectivity index (χ1) is 11.2. The van der Waals surface area contributed by atoms with E-state index in [1.54, 1.807) is 0 Å². The molecule has 1 aromatic rings. The Labute approximate surface area is 139 Å². The molecule has 0 aromatic heterocycles. The minimum Gasteiger partial charge on any atom is -0.396 e. The number of aliphatic hydroxyl groups excluding tert-OH is 1. The van der Waals surface area contributed by atoms with E-state index in [1.807, 2.05) is 30.0 Å². The molecule has 0 aliphatic carbocycles. The number of nitrogens with one attached hydrogen (secondary N) is 2. The Morgan fingerprint density at radius 3 is 2.61 bits per heavy atom. The summed E-state index contributed by atoms with van der Waals surface area (Å²) < 4.78 is 0. The number of piperidine rings is 1. The number of hydrogen-bond acceptors (Lipinski definition) is 3. The molecule has 2 rings (SSSR count). The van der Waals surface area contributed by atoms with E-state index in [9.17, 15) is 9.90 Å². The molecule has 1 aliphatic heterocycles. The van der Waals surface area contributed by atoms with Crippen LogP contribution in [0.25, 0.3) is 0 Å². The molecule has 1 saturated heterocycles. The molecule has 0 bridgehead atoms. The summed E-state index contributed by atoms with van der Waals surface area (Å²) in [6, 6.07) is 10.8. The first kappa shape index (κ1) is 17.8. The van der Waals surface area contributed by atoms with Gasteiger partial charge in [0.25, 0.3) is 0 Å². The number of likely N-dealkylation sites (tertiary alicyclic amines) is 1. The number of carbonyl (C=O) groups excluding carboxylic acids is 1. The predicted octanol–water partition coefficient (Wildman–Crippen LogP) is 1.62. The molecule has 23 heavy (non-hydrogen) atoms. The minimum atomic E-state index is 0.0447. The first-order valence-corrected chi connectivity index (χ1v) is 8.63. The molecule has 5 heteroatoms. The SMILES string of the molecule is CCNC(=O)N1CCC(NC[C@H](CO)Cc2ccccc2)CC1. The van der Waals surface area contributed by atoms with Crippen molar-refractivity contribution in [2.75, 3.05) is 32.8 Å². The zero-order valence-electron chi connectivity index (χ0n) is 14.0. The van der Waals surface area contributed by atoms with Gasteiger partial charge >= 0.3 is 6.03 Å². The summed E-state index contributed by atoms with van der Waals surface area (Å²) in [7, 11) is 0. The average Bonchev–Trinajstić information content (AvgIpc) is 2.60. The summed E-state index contributed by atoms with van der Waals surface area (Å²) in [6.07, 6.45) is 2.84. The number of rotatable bonds is 7. The van der Waals surface area contributed by atoms with Gasteiger partial charge in [-0.25, -0.2) is 4.79 Å². The molecule has 0 spiro atoms. The Morgan fingerprint density at radius 2 is 2.00 bits per heavy atom. The first-order valence-electron chi connectivity index (χ1n) is 8.63. The van der Waals surface area contributed by atoms with Gasteiger partial charge in [0.2, 0.25) is 0 Å². The molecule has 1 aromatic carbocycles. The van der Waals surface area contributed by atoms with E-state index in [4.69, 9.17) is 0 Å². The molecule has 2 amide bonds. The molecule has 0 unspecified atom stereocenters. The summed E-state index contributed by atoms with van der Waals surface area (Å²) in [6.45, 7) is 5.22. The Bertz CT molecular complexity index is 459. The van der Waals surface area contributed by atoms with Crippen molar-refractivity contribution in [1.29, 1.82) is 0 Å². The van der Waals surface area contributed by atoms with Gasteiger partial charge in [-0.2, -0.15) is 0 Å². The van der Waals surface area contributed by atoms with Gasteiger partial charge in [-0.05, 0) is 37.7 Å². The molecule has 1 aliphatic rings. The lowest BCUT2D eigenvalue weighted by Crippen LogP contribution is -2.49. The van der Waals surface area contributed by atoms with Crippen LogP contribution >= 0.6 is 0 Å². The van der Waals surface area contributed by atoms with E-state index < -0.39 is 0 Å². The smallest absolute Gasteiger partial charge is 0.317 e. The van der Waals surface area contributed by atoms with Crippen molar-refractivity contribution in [3.8, 4) is 0 Å². The van der Waals surface area contributed by atoms with Crippen LogP contribution in [0.5, 0.6) is 0 Å². The third-order valence-corrected chi connectivity index (χ3v) is 4.43. The summed E-state index contributed by atoms with van der Waals surface area (Å²) >= 11 is 0. The lowest BCUT2D eigenvalue weighted by atomic mass is 9.98. The monoisotopic (exact) mass is 319 g/mol. The van der Waals surface area contributed by atoms with Gasteiger partial charge in [0, 0.05) is 38.8 Å². The minimum absolute atomic E-state index is 0.0447. The lowest BCUT2D eigenvalue weighted by molar-refractivity contribution is 0.171. The highest BCUT2D eigenvalue weighted by atomic mass is 16.3. The number of aliphatic hydroxyl groups is 1. The number of amides is 2. The van der Waals surface area contributed by atoms with Crippen molar-refractivity contribution in [3.05, 3.63) is 35.9 Å². The van der Waals surface area contributed by atoms with Crippen LogP contribution in [0.1, 0.15) is 25.3 Å². The molecular weight excluding hydrogens is 290 g/mol. The summed E-state index contributed by atoms with van der Waals surface area (Å²) in [5.74, 6) is 0.235. The van der Waals surface area contributed by atoms with Crippen LogP contribution in [0.15, 0.2) is 30.3 Å². The van der Waals surface area contributed by atoms with Crippen molar-refractivity contribution < 1.29 is 9.90 Å². The van der Waals surface area contributed by atoms with Gasteiger partial charge in [-0.1, -0.05) is 30.3 Å². The molecule has 0 saturated carbocycles. The summed E-state index contributed by atoms with van der Waals surface area (Å²) in [4.78, 5) is 13.7. The highest BCUT2D eigenvalue weighted by Gasteiger charge is 2.22.